The van der Waals surface area contributed by atoms with Gasteiger partial charge in [0.15, 0.2) is 0 Å². The standard InChI is InChI=1S/C19H17ClN2O3/c1-11-7-12(2)18-14(10-25-16(18)8-11)9-17(23)21-22-19(24)13-3-5-15(20)6-4-13/h3-8,10H,9H2,1-2H3,(H,21,23)(H,22,24). The summed E-state index contributed by atoms with van der Waals surface area (Å²) >= 11 is 5.78. The number of nitrogens with one attached hydrogen (secondary N) is 2. The Kier molecular flexibility index (Phi) is 4.76. The molecule has 2 amide bonds. The summed E-state index contributed by atoms with van der Waals surface area (Å²) in [7, 11) is 0. The van der Waals surface area contributed by atoms with E-state index < -0.39 is 5.91 Å². The SMILES string of the molecule is Cc1cc(C)c2c(CC(=O)NNC(=O)c3ccc(Cl)cc3)coc2c1. The van der Waals surface area contributed by atoms with Gasteiger partial charge in [-0.05, 0) is 55.3 Å². The monoisotopic (exact) mass is 356 g/mol. The number of benzene rings is 2. The molecule has 3 aromatic rings. The summed E-state index contributed by atoms with van der Waals surface area (Å²) in [5.41, 5.74) is 8.91. The first-order chi connectivity index (χ1) is 11.9. The molecular weight excluding hydrogens is 340 g/mol. The van der Waals surface area contributed by atoms with Crippen LogP contribution >= 0.6 is 11.6 Å². The van der Waals surface area contributed by atoms with E-state index in [2.05, 4.69) is 10.9 Å². The highest BCUT2D eigenvalue weighted by Crippen LogP contribution is 2.26. The number of rotatable bonds is 3. The number of halogens is 1. The molecule has 0 aliphatic heterocycles. The van der Waals surface area contributed by atoms with Crippen LogP contribution in [0, 0.1) is 13.8 Å². The summed E-state index contributed by atoms with van der Waals surface area (Å²) in [5.74, 6) is -0.737. The van der Waals surface area contributed by atoms with Crippen LogP contribution in [0.3, 0.4) is 0 Å². The molecule has 25 heavy (non-hydrogen) atoms. The Labute approximate surface area is 149 Å². The van der Waals surface area contributed by atoms with Crippen molar-refractivity contribution in [3.8, 4) is 0 Å². The van der Waals surface area contributed by atoms with Crippen LogP contribution < -0.4 is 10.9 Å². The van der Waals surface area contributed by atoms with Crippen LogP contribution in [0.15, 0.2) is 47.1 Å². The van der Waals surface area contributed by atoms with Gasteiger partial charge in [-0.1, -0.05) is 17.7 Å². The van der Waals surface area contributed by atoms with Gasteiger partial charge < -0.3 is 4.42 Å². The molecule has 0 saturated carbocycles. The molecule has 0 aliphatic rings. The van der Waals surface area contributed by atoms with Gasteiger partial charge in [0.2, 0.25) is 5.91 Å². The summed E-state index contributed by atoms with van der Waals surface area (Å²) in [4.78, 5) is 24.1. The van der Waals surface area contributed by atoms with Gasteiger partial charge in [0.25, 0.3) is 5.91 Å². The van der Waals surface area contributed by atoms with Crippen molar-refractivity contribution in [2.45, 2.75) is 20.3 Å². The molecule has 2 aromatic carbocycles. The lowest BCUT2D eigenvalue weighted by atomic mass is 10.0. The number of fused-ring (bicyclic) bond motifs is 1. The normalized spacial score (nSPS) is 10.7. The predicted molar refractivity (Wildman–Crippen MR) is 96.5 cm³/mol. The fourth-order valence-electron chi connectivity index (χ4n) is 2.77. The van der Waals surface area contributed by atoms with Gasteiger partial charge in [-0.3, -0.25) is 20.4 Å². The van der Waals surface area contributed by atoms with Gasteiger partial charge in [-0.15, -0.1) is 0 Å². The smallest absolute Gasteiger partial charge is 0.269 e. The molecule has 0 fully saturated rings. The lowest BCUT2D eigenvalue weighted by Gasteiger charge is -2.07. The van der Waals surface area contributed by atoms with E-state index in [1.807, 2.05) is 26.0 Å². The second-order valence-corrected chi connectivity index (χ2v) is 6.34. The number of amides is 2. The minimum Gasteiger partial charge on any atom is -0.464 e. The summed E-state index contributed by atoms with van der Waals surface area (Å²) in [6.07, 6.45) is 1.69. The van der Waals surface area contributed by atoms with Crippen LogP contribution in [0.25, 0.3) is 11.0 Å². The second kappa shape index (κ2) is 6.99. The molecule has 0 unspecified atom stereocenters. The quantitative estimate of drug-likeness (QED) is 0.703. The first-order valence-electron chi connectivity index (χ1n) is 7.76. The van der Waals surface area contributed by atoms with Crippen LogP contribution in [0.4, 0.5) is 0 Å². The highest BCUT2D eigenvalue weighted by molar-refractivity contribution is 6.30. The predicted octanol–water partition coefficient (Wildman–Crippen LogP) is 3.71. The third-order valence-electron chi connectivity index (χ3n) is 3.87. The molecule has 2 N–H and O–H groups in total. The molecule has 0 radical (unpaired) electrons. The molecular formula is C19H17ClN2O3. The number of aryl methyl sites for hydroxylation is 2. The second-order valence-electron chi connectivity index (χ2n) is 5.90. The van der Waals surface area contributed by atoms with E-state index in [-0.39, 0.29) is 12.3 Å². The molecule has 0 bridgehead atoms. The number of carbonyl (C=O) groups excluding carboxylic acids is 2. The molecule has 6 heteroatoms. The van der Waals surface area contributed by atoms with E-state index in [1.54, 1.807) is 30.5 Å². The van der Waals surface area contributed by atoms with Crippen molar-refractivity contribution >= 4 is 34.4 Å². The van der Waals surface area contributed by atoms with Crippen LogP contribution in [0.1, 0.15) is 27.0 Å². The molecule has 0 saturated heterocycles. The highest BCUT2D eigenvalue weighted by atomic mass is 35.5. The fraction of sp³-hybridized carbons (Fsp3) is 0.158. The van der Waals surface area contributed by atoms with Crippen molar-refractivity contribution in [3.05, 3.63) is 69.9 Å². The Balaban J connectivity index is 1.65. The maximum absolute atomic E-state index is 12.1. The van der Waals surface area contributed by atoms with Crippen molar-refractivity contribution in [2.24, 2.45) is 0 Å². The van der Waals surface area contributed by atoms with Crippen LogP contribution in [0.2, 0.25) is 5.02 Å². The van der Waals surface area contributed by atoms with Crippen LogP contribution in [0.5, 0.6) is 0 Å². The Morgan fingerprint density at radius 3 is 2.52 bits per heavy atom. The Bertz CT molecular complexity index is 945. The van der Waals surface area contributed by atoms with Crippen molar-refractivity contribution in [2.75, 3.05) is 0 Å². The van der Waals surface area contributed by atoms with Gasteiger partial charge in [0.1, 0.15) is 5.58 Å². The lowest BCUT2D eigenvalue weighted by Crippen LogP contribution is -2.42. The van der Waals surface area contributed by atoms with E-state index in [0.29, 0.717) is 10.6 Å². The maximum Gasteiger partial charge on any atom is 0.269 e. The van der Waals surface area contributed by atoms with E-state index in [4.69, 9.17) is 16.0 Å². The summed E-state index contributed by atoms with van der Waals surface area (Å²) < 4.78 is 5.54. The number of hydrogen-bond donors (Lipinski definition) is 2. The van der Waals surface area contributed by atoms with E-state index in [0.717, 1.165) is 27.7 Å². The van der Waals surface area contributed by atoms with Crippen LogP contribution in [-0.2, 0) is 11.2 Å². The fourth-order valence-corrected chi connectivity index (χ4v) is 2.90. The third kappa shape index (κ3) is 3.83. The van der Waals surface area contributed by atoms with Crippen molar-refractivity contribution in [1.82, 2.24) is 10.9 Å². The zero-order valence-corrected chi connectivity index (χ0v) is 14.6. The molecule has 128 valence electrons. The molecule has 5 nitrogen and oxygen atoms in total. The zero-order valence-electron chi connectivity index (χ0n) is 13.9. The first kappa shape index (κ1) is 17.0. The number of carbonyl (C=O) groups is 2. The van der Waals surface area contributed by atoms with Gasteiger partial charge >= 0.3 is 0 Å². The summed E-state index contributed by atoms with van der Waals surface area (Å²) in [6, 6.07) is 10.4. The van der Waals surface area contributed by atoms with Crippen molar-refractivity contribution in [3.63, 3.8) is 0 Å². The Hall–Kier alpha value is -2.79. The van der Waals surface area contributed by atoms with Crippen molar-refractivity contribution < 1.29 is 14.0 Å². The topological polar surface area (TPSA) is 71.3 Å². The van der Waals surface area contributed by atoms with Crippen LogP contribution in [-0.4, -0.2) is 11.8 Å². The average molecular weight is 357 g/mol. The molecule has 1 aromatic heterocycles. The lowest BCUT2D eigenvalue weighted by molar-refractivity contribution is -0.121. The molecule has 0 spiro atoms. The molecule has 0 aliphatic carbocycles. The number of hydrogen-bond acceptors (Lipinski definition) is 3. The molecule has 1 heterocycles. The minimum atomic E-state index is -0.408. The number of furan rings is 1. The summed E-state index contributed by atoms with van der Waals surface area (Å²) in [6.45, 7) is 3.97. The Morgan fingerprint density at radius 1 is 1.08 bits per heavy atom. The van der Waals surface area contributed by atoms with E-state index in [9.17, 15) is 9.59 Å². The molecule has 3 rings (SSSR count). The van der Waals surface area contributed by atoms with Gasteiger partial charge in [0, 0.05) is 21.5 Å². The largest absolute Gasteiger partial charge is 0.464 e. The first-order valence-corrected chi connectivity index (χ1v) is 8.14. The highest BCUT2D eigenvalue weighted by Gasteiger charge is 2.14. The van der Waals surface area contributed by atoms with E-state index >= 15 is 0 Å². The van der Waals surface area contributed by atoms with Crippen molar-refractivity contribution in [1.29, 1.82) is 0 Å². The number of hydrazine groups is 1. The maximum atomic E-state index is 12.1. The third-order valence-corrected chi connectivity index (χ3v) is 4.12. The zero-order chi connectivity index (χ0) is 18.0. The van der Waals surface area contributed by atoms with Gasteiger partial charge in [-0.2, -0.15) is 0 Å². The average Bonchev–Trinajstić information content (AvgIpc) is 2.96. The molecule has 0 atom stereocenters. The van der Waals surface area contributed by atoms with Gasteiger partial charge in [-0.25, -0.2) is 0 Å². The Morgan fingerprint density at radius 2 is 1.80 bits per heavy atom. The minimum absolute atomic E-state index is 0.109. The van der Waals surface area contributed by atoms with Gasteiger partial charge in [0.05, 0.1) is 12.7 Å². The summed E-state index contributed by atoms with van der Waals surface area (Å²) in [5, 5.41) is 1.47. The van der Waals surface area contributed by atoms with E-state index in [1.165, 1.54) is 0 Å².